The van der Waals surface area contributed by atoms with Crippen LogP contribution in [0.3, 0.4) is 0 Å². The maximum absolute atomic E-state index is 6.66. The molecule has 0 bridgehead atoms. The van der Waals surface area contributed by atoms with Crippen molar-refractivity contribution in [3.8, 4) is 0 Å². The third-order valence-electron chi connectivity index (χ3n) is 5.24. The molecule has 0 saturated heterocycles. The van der Waals surface area contributed by atoms with Gasteiger partial charge in [-0.15, -0.1) is 0 Å². The van der Waals surface area contributed by atoms with E-state index in [9.17, 15) is 0 Å². The van der Waals surface area contributed by atoms with Gasteiger partial charge in [0.25, 0.3) is 0 Å². The summed E-state index contributed by atoms with van der Waals surface area (Å²) in [6, 6.07) is 0.172. The first kappa shape index (κ1) is 16.5. The third-order valence-corrected chi connectivity index (χ3v) is 5.24. The average molecular weight is 263 g/mol. The molecule has 1 aliphatic rings. The van der Waals surface area contributed by atoms with Crippen molar-refractivity contribution in [1.82, 2.24) is 0 Å². The second kappa shape index (κ2) is 6.26. The largest absolute Gasteiger partial charge is 0.323 e. The standard InChI is InChI=1S/C18H33N/c1-8-14(7)15-10-16(12(3)4)17(19)18(9-2,11-15)13(5)6/h10-14,17H,8-9,19H2,1-7H3/t14?,17-,18+/m0/s1. The van der Waals surface area contributed by atoms with Gasteiger partial charge in [0.2, 0.25) is 0 Å². The maximum atomic E-state index is 6.66. The van der Waals surface area contributed by atoms with Gasteiger partial charge in [0.15, 0.2) is 0 Å². The molecule has 0 radical (unpaired) electrons. The Bertz CT molecular complexity index is 362. The fraction of sp³-hybridized carbons (Fsp3) is 0.778. The highest BCUT2D eigenvalue weighted by molar-refractivity contribution is 5.39. The smallest absolute Gasteiger partial charge is 0.0354 e. The molecule has 1 aliphatic carbocycles. The van der Waals surface area contributed by atoms with Gasteiger partial charge in [0, 0.05) is 11.5 Å². The van der Waals surface area contributed by atoms with Crippen LogP contribution in [0, 0.1) is 23.2 Å². The predicted octanol–water partition coefficient (Wildman–Crippen LogP) is 4.93. The van der Waals surface area contributed by atoms with E-state index in [2.05, 4.69) is 60.6 Å². The number of rotatable bonds is 5. The lowest BCUT2D eigenvalue weighted by atomic mass is 9.62. The van der Waals surface area contributed by atoms with E-state index in [1.165, 1.54) is 17.6 Å². The van der Waals surface area contributed by atoms with Crippen LogP contribution in [0.15, 0.2) is 23.3 Å². The number of allylic oxidation sites excluding steroid dienone is 2. The minimum Gasteiger partial charge on any atom is -0.323 e. The molecule has 19 heavy (non-hydrogen) atoms. The van der Waals surface area contributed by atoms with Crippen molar-refractivity contribution in [3.63, 3.8) is 0 Å². The lowest BCUT2D eigenvalue weighted by Crippen LogP contribution is -2.48. The van der Waals surface area contributed by atoms with Crippen LogP contribution in [0.5, 0.6) is 0 Å². The van der Waals surface area contributed by atoms with E-state index in [4.69, 9.17) is 5.73 Å². The summed E-state index contributed by atoms with van der Waals surface area (Å²) in [5.41, 5.74) is 9.74. The summed E-state index contributed by atoms with van der Waals surface area (Å²) < 4.78 is 0. The summed E-state index contributed by atoms with van der Waals surface area (Å²) in [7, 11) is 0. The lowest BCUT2D eigenvalue weighted by molar-refractivity contribution is 0.207. The molecule has 0 aliphatic heterocycles. The zero-order valence-electron chi connectivity index (χ0n) is 14.0. The van der Waals surface area contributed by atoms with Crippen molar-refractivity contribution in [2.45, 2.75) is 67.3 Å². The molecule has 0 fully saturated rings. The van der Waals surface area contributed by atoms with E-state index in [0.29, 0.717) is 17.8 Å². The Morgan fingerprint density at radius 1 is 1.16 bits per heavy atom. The van der Waals surface area contributed by atoms with E-state index in [1.54, 1.807) is 0 Å². The SMILES string of the molecule is CCC(C)C1=C[C@](CC)(C(C)C)[C@@H](N)C(C(C)C)=C1. The summed E-state index contributed by atoms with van der Waals surface area (Å²) in [4.78, 5) is 0. The third kappa shape index (κ3) is 2.97. The first-order chi connectivity index (χ1) is 8.80. The van der Waals surface area contributed by atoms with Crippen molar-refractivity contribution in [2.24, 2.45) is 28.9 Å². The summed E-state index contributed by atoms with van der Waals surface area (Å²) in [6.07, 6.45) is 7.21. The Morgan fingerprint density at radius 3 is 2.11 bits per heavy atom. The van der Waals surface area contributed by atoms with E-state index >= 15 is 0 Å². The molecule has 1 nitrogen and oxygen atoms in total. The van der Waals surface area contributed by atoms with Gasteiger partial charge in [0.1, 0.15) is 0 Å². The monoisotopic (exact) mass is 263 g/mol. The molecular weight excluding hydrogens is 230 g/mol. The minimum atomic E-state index is 0.132. The average Bonchev–Trinajstić information content (AvgIpc) is 2.37. The van der Waals surface area contributed by atoms with E-state index in [1.807, 2.05) is 0 Å². The van der Waals surface area contributed by atoms with Crippen molar-refractivity contribution in [2.75, 3.05) is 0 Å². The van der Waals surface area contributed by atoms with E-state index in [0.717, 1.165) is 6.42 Å². The van der Waals surface area contributed by atoms with Gasteiger partial charge < -0.3 is 5.73 Å². The van der Waals surface area contributed by atoms with Gasteiger partial charge >= 0.3 is 0 Å². The molecule has 1 heteroatoms. The highest BCUT2D eigenvalue weighted by Gasteiger charge is 2.41. The molecule has 1 rings (SSSR count). The Balaban J connectivity index is 3.34. The van der Waals surface area contributed by atoms with Gasteiger partial charge in [0.05, 0.1) is 0 Å². The highest BCUT2D eigenvalue weighted by Crippen LogP contribution is 2.45. The quantitative estimate of drug-likeness (QED) is 0.747. The van der Waals surface area contributed by atoms with Crippen LogP contribution < -0.4 is 5.73 Å². The van der Waals surface area contributed by atoms with Crippen LogP contribution in [0.2, 0.25) is 0 Å². The molecule has 0 amide bonds. The van der Waals surface area contributed by atoms with Crippen LogP contribution in [0.4, 0.5) is 0 Å². The van der Waals surface area contributed by atoms with Crippen LogP contribution in [-0.4, -0.2) is 6.04 Å². The molecule has 0 aromatic carbocycles. The van der Waals surface area contributed by atoms with Gasteiger partial charge in [-0.2, -0.15) is 0 Å². The molecule has 0 aromatic heterocycles. The van der Waals surface area contributed by atoms with Crippen LogP contribution >= 0.6 is 0 Å². The van der Waals surface area contributed by atoms with Crippen molar-refractivity contribution in [1.29, 1.82) is 0 Å². The predicted molar refractivity (Wildman–Crippen MR) is 86.0 cm³/mol. The topological polar surface area (TPSA) is 26.0 Å². The molecule has 3 atom stereocenters. The van der Waals surface area contributed by atoms with E-state index in [-0.39, 0.29) is 11.5 Å². The zero-order valence-corrected chi connectivity index (χ0v) is 14.0. The summed E-state index contributed by atoms with van der Waals surface area (Å²) >= 11 is 0. The summed E-state index contributed by atoms with van der Waals surface area (Å²) in [5.74, 6) is 1.74. The summed E-state index contributed by atoms with van der Waals surface area (Å²) in [6.45, 7) is 16.1. The second-order valence-electron chi connectivity index (χ2n) is 6.85. The first-order valence-electron chi connectivity index (χ1n) is 7.99. The van der Waals surface area contributed by atoms with Gasteiger partial charge in [-0.3, -0.25) is 0 Å². The Kier molecular flexibility index (Phi) is 5.43. The highest BCUT2D eigenvalue weighted by atomic mass is 14.7. The molecule has 0 saturated carbocycles. The first-order valence-corrected chi connectivity index (χ1v) is 7.99. The van der Waals surface area contributed by atoms with Crippen molar-refractivity contribution >= 4 is 0 Å². The van der Waals surface area contributed by atoms with Gasteiger partial charge in [-0.1, -0.05) is 60.6 Å². The van der Waals surface area contributed by atoms with Crippen LogP contribution in [0.1, 0.15) is 61.3 Å². The van der Waals surface area contributed by atoms with E-state index < -0.39 is 0 Å². The van der Waals surface area contributed by atoms with Crippen molar-refractivity contribution in [3.05, 3.63) is 23.3 Å². The fourth-order valence-corrected chi connectivity index (χ4v) is 3.34. The molecule has 2 N–H and O–H groups in total. The normalized spacial score (nSPS) is 29.5. The number of hydrogen-bond acceptors (Lipinski definition) is 1. The Morgan fingerprint density at radius 2 is 1.74 bits per heavy atom. The lowest BCUT2D eigenvalue weighted by Gasteiger charge is -2.45. The van der Waals surface area contributed by atoms with Gasteiger partial charge in [-0.05, 0) is 41.7 Å². The zero-order chi connectivity index (χ0) is 14.8. The second-order valence-corrected chi connectivity index (χ2v) is 6.85. The summed E-state index contributed by atoms with van der Waals surface area (Å²) in [5, 5.41) is 0. The molecular formula is C18H33N. The molecule has 0 aromatic rings. The maximum Gasteiger partial charge on any atom is 0.0354 e. The molecule has 1 unspecified atom stereocenters. The number of hydrogen-bond donors (Lipinski definition) is 1. The molecule has 0 spiro atoms. The van der Waals surface area contributed by atoms with Crippen LogP contribution in [-0.2, 0) is 0 Å². The van der Waals surface area contributed by atoms with Crippen LogP contribution in [0.25, 0.3) is 0 Å². The number of nitrogens with two attached hydrogens (primary N) is 1. The van der Waals surface area contributed by atoms with Gasteiger partial charge in [-0.25, -0.2) is 0 Å². The van der Waals surface area contributed by atoms with Crippen molar-refractivity contribution < 1.29 is 0 Å². The minimum absolute atomic E-state index is 0.132. The Hall–Kier alpha value is -0.560. The molecule has 0 heterocycles. The fourth-order valence-electron chi connectivity index (χ4n) is 3.34. The Labute approximate surface area is 120 Å². The molecule has 110 valence electrons.